The average Bonchev–Trinajstić information content (AvgIpc) is 3.60. The zero-order chi connectivity index (χ0) is 27.5. The molecule has 208 valence electrons. The average molecular weight is 565 g/mol. The van der Waals surface area contributed by atoms with Crippen molar-refractivity contribution in [1.82, 2.24) is 14.5 Å². The largest absolute Gasteiger partial charge is 0.344 e. The van der Waals surface area contributed by atoms with Crippen LogP contribution < -0.4 is 11.1 Å². The van der Waals surface area contributed by atoms with Gasteiger partial charge in [0.25, 0.3) is 11.8 Å². The second kappa shape index (κ2) is 10.4. The molecule has 7 rings (SSSR count). The monoisotopic (exact) mass is 564 g/mol. The predicted molar refractivity (Wildman–Crippen MR) is 167 cm³/mol. The highest BCUT2D eigenvalue weighted by Crippen LogP contribution is 2.43. The van der Waals surface area contributed by atoms with Gasteiger partial charge in [0.2, 0.25) is 0 Å². The van der Waals surface area contributed by atoms with Crippen LogP contribution >= 0.6 is 12.4 Å². The molecule has 2 atom stereocenters. The lowest BCUT2D eigenvalue weighted by Gasteiger charge is -2.32. The zero-order valence-corrected chi connectivity index (χ0v) is 23.9. The molecule has 2 unspecified atom stereocenters. The van der Waals surface area contributed by atoms with Crippen LogP contribution in [0.4, 0.5) is 0 Å². The maximum absolute atomic E-state index is 13.7. The van der Waals surface area contributed by atoms with E-state index in [1.54, 1.807) is 0 Å². The standard InChI is InChI=1S/C34H32N4O2.ClH/c1-20(2)32(35)21-16-17-37-27-15-9-7-13-24(27)29(28(37)18-21)31-30(33(39)36-34(31)40)25-19-38(22-10-4-3-5-11-22)26-14-8-6-12-23(25)26;/h3-15,19-21,32H,16-18,35H2,1-2H3,(H,36,39,40);1H. The number of aryl methyl sites for hydroxylation is 1. The van der Waals surface area contributed by atoms with Gasteiger partial charge in [0.1, 0.15) is 0 Å². The first-order valence-electron chi connectivity index (χ1n) is 14.1. The topological polar surface area (TPSA) is 82.0 Å². The molecule has 2 aromatic heterocycles. The number of para-hydroxylation sites is 3. The Kier molecular flexibility index (Phi) is 6.84. The molecule has 41 heavy (non-hydrogen) atoms. The minimum absolute atomic E-state index is 0. The molecule has 0 spiro atoms. The van der Waals surface area contributed by atoms with Gasteiger partial charge in [-0.3, -0.25) is 14.9 Å². The fourth-order valence-corrected chi connectivity index (χ4v) is 6.75. The summed E-state index contributed by atoms with van der Waals surface area (Å²) in [5, 5.41) is 4.58. The van der Waals surface area contributed by atoms with E-state index in [4.69, 9.17) is 5.73 Å². The Morgan fingerprint density at radius 3 is 2.20 bits per heavy atom. The maximum Gasteiger partial charge on any atom is 0.259 e. The van der Waals surface area contributed by atoms with Crippen molar-refractivity contribution in [3.05, 3.63) is 102 Å². The lowest BCUT2D eigenvalue weighted by atomic mass is 9.82. The number of hydrogen-bond acceptors (Lipinski definition) is 3. The van der Waals surface area contributed by atoms with Gasteiger partial charge in [-0.2, -0.15) is 0 Å². The van der Waals surface area contributed by atoms with Crippen molar-refractivity contribution in [2.24, 2.45) is 17.6 Å². The van der Waals surface area contributed by atoms with Crippen molar-refractivity contribution >= 4 is 57.2 Å². The summed E-state index contributed by atoms with van der Waals surface area (Å²) < 4.78 is 4.43. The van der Waals surface area contributed by atoms with E-state index in [9.17, 15) is 9.59 Å². The second-order valence-corrected chi connectivity index (χ2v) is 11.4. The van der Waals surface area contributed by atoms with Crippen LogP contribution in [-0.2, 0) is 22.6 Å². The fourth-order valence-electron chi connectivity index (χ4n) is 6.75. The Hall–Kier alpha value is -4.13. The Morgan fingerprint density at radius 2 is 1.46 bits per heavy atom. The zero-order valence-electron chi connectivity index (χ0n) is 23.1. The molecule has 2 aliphatic heterocycles. The molecule has 0 radical (unpaired) electrons. The molecule has 7 heteroatoms. The number of hydrogen-bond donors (Lipinski definition) is 2. The molecule has 0 saturated carbocycles. The number of nitrogens with one attached hydrogen (secondary N) is 1. The van der Waals surface area contributed by atoms with Gasteiger partial charge in [-0.15, -0.1) is 12.4 Å². The normalized spacial score (nSPS) is 17.7. The van der Waals surface area contributed by atoms with Crippen LogP contribution in [0.3, 0.4) is 0 Å². The van der Waals surface area contributed by atoms with E-state index in [-0.39, 0.29) is 30.3 Å². The van der Waals surface area contributed by atoms with Crippen LogP contribution in [0.1, 0.15) is 37.1 Å². The molecule has 6 nitrogen and oxygen atoms in total. The quantitative estimate of drug-likeness (QED) is 0.252. The number of amides is 2. The first kappa shape index (κ1) is 27.1. The number of carbonyl (C=O) groups is 2. The molecule has 0 fully saturated rings. The van der Waals surface area contributed by atoms with E-state index in [0.29, 0.717) is 23.0 Å². The molecule has 2 amide bonds. The number of rotatable bonds is 5. The molecule has 3 aromatic carbocycles. The summed E-state index contributed by atoms with van der Waals surface area (Å²) in [6.07, 6.45) is 3.76. The lowest BCUT2D eigenvalue weighted by molar-refractivity contribution is -0.122. The maximum atomic E-state index is 13.7. The number of benzene rings is 3. The van der Waals surface area contributed by atoms with Gasteiger partial charge in [-0.1, -0.05) is 68.4 Å². The summed E-state index contributed by atoms with van der Waals surface area (Å²) in [6, 6.07) is 26.4. The van der Waals surface area contributed by atoms with E-state index in [1.807, 2.05) is 72.9 Å². The highest BCUT2D eigenvalue weighted by molar-refractivity contribution is 6.51. The second-order valence-electron chi connectivity index (χ2n) is 11.4. The summed E-state index contributed by atoms with van der Waals surface area (Å²) in [6.45, 7) is 5.18. The van der Waals surface area contributed by atoms with Crippen molar-refractivity contribution in [3.8, 4) is 5.69 Å². The number of fused-ring (bicyclic) bond motifs is 4. The smallest absolute Gasteiger partial charge is 0.259 e. The van der Waals surface area contributed by atoms with Gasteiger partial charge in [0.15, 0.2) is 0 Å². The van der Waals surface area contributed by atoms with E-state index in [1.165, 1.54) is 0 Å². The Labute approximate surface area is 245 Å². The molecule has 4 heterocycles. The molecular weight excluding hydrogens is 532 g/mol. The number of nitrogens with zero attached hydrogens (tertiary/aromatic N) is 2. The molecule has 2 aliphatic rings. The Balaban J connectivity index is 0.00000302. The summed E-state index contributed by atoms with van der Waals surface area (Å²) in [7, 11) is 0. The molecule has 0 saturated heterocycles. The minimum Gasteiger partial charge on any atom is -0.344 e. The lowest BCUT2D eigenvalue weighted by Crippen LogP contribution is -2.39. The number of imide groups is 1. The summed E-state index contributed by atoms with van der Waals surface area (Å²) in [4.78, 5) is 27.3. The minimum atomic E-state index is -0.355. The molecular formula is C34H33ClN4O2. The van der Waals surface area contributed by atoms with Crippen LogP contribution in [0.15, 0.2) is 85.1 Å². The highest BCUT2D eigenvalue weighted by Gasteiger charge is 2.39. The van der Waals surface area contributed by atoms with Crippen LogP contribution in [0, 0.1) is 11.8 Å². The predicted octanol–water partition coefficient (Wildman–Crippen LogP) is 6.12. The van der Waals surface area contributed by atoms with Crippen molar-refractivity contribution < 1.29 is 9.59 Å². The van der Waals surface area contributed by atoms with Crippen molar-refractivity contribution in [1.29, 1.82) is 0 Å². The van der Waals surface area contributed by atoms with Crippen LogP contribution in [0.5, 0.6) is 0 Å². The Bertz CT molecular complexity index is 1850. The van der Waals surface area contributed by atoms with Crippen molar-refractivity contribution in [3.63, 3.8) is 0 Å². The summed E-state index contributed by atoms with van der Waals surface area (Å²) in [5.74, 6) is -0.0309. The van der Waals surface area contributed by atoms with Gasteiger partial charge in [0, 0.05) is 57.6 Å². The van der Waals surface area contributed by atoms with Gasteiger partial charge in [-0.05, 0) is 48.9 Å². The fraction of sp³-hybridized carbons (Fsp3) is 0.235. The third kappa shape index (κ3) is 4.21. The van der Waals surface area contributed by atoms with Gasteiger partial charge >= 0.3 is 0 Å². The van der Waals surface area contributed by atoms with E-state index >= 15 is 0 Å². The Morgan fingerprint density at radius 1 is 0.829 bits per heavy atom. The number of aromatic nitrogens is 2. The first-order chi connectivity index (χ1) is 19.4. The molecule has 5 aromatic rings. The SMILES string of the molecule is CC(C)C(N)C1CCn2c(c(C3=C(c4cn(-c5ccccc5)c5ccccc45)C(=O)NC3=O)c3ccccc32)C1.Cl. The molecule has 0 bridgehead atoms. The van der Waals surface area contributed by atoms with Gasteiger partial charge in [0.05, 0.1) is 16.7 Å². The van der Waals surface area contributed by atoms with Crippen LogP contribution in [0.25, 0.3) is 38.6 Å². The van der Waals surface area contributed by atoms with Crippen molar-refractivity contribution in [2.45, 2.75) is 39.3 Å². The first-order valence-corrected chi connectivity index (χ1v) is 14.1. The highest BCUT2D eigenvalue weighted by atomic mass is 35.5. The molecule has 0 aliphatic carbocycles. The van der Waals surface area contributed by atoms with E-state index < -0.39 is 0 Å². The molecule has 3 N–H and O–H groups in total. The van der Waals surface area contributed by atoms with E-state index in [0.717, 1.165) is 63.7 Å². The van der Waals surface area contributed by atoms with Crippen LogP contribution in [-0.4, -0.2) is 27.0 Å². The van der Waals surface area contributed by atoms with Crippen LogP contribution in [0.2, 0.25) is 0 Å². The van der Waals surface area contributed by atoms with Gasteiger partial charge in [-0.25, -0.2) is 0 Å². The summed E-state index contributed by atoms with van der Waals surface area (Å²) >= 11 is 0. The van der Waals surface area contributed by atoms with E-state index in [2.05, 4.69) is 40.4 Å². The number of nitrogens with two attached hydrogens (primary N) is 1. The number of carbonyl (C=O) groups excluding carboxylic acids is 2. The third-order valence-electron chi connectivity index (χ3n) is 8.77. The van der Waals surface area contributed by atoms with Crippen molar-refractivity contribution in [2.75, 3.05) is 0 Å². The number of halogens is 1. The third-order valence-corrected chi connectivity index (χ3v) is 8.77. The van der Waals surface area contributed by atoms with Gasteiger partial charge < -0.3 is 14.9 Å². The summed E-state index contributed by atoms with van der Waals surface area (Å²) in [5.41, 5.74) is 13.4.